The summed E-state index contributed by atoms with van der Waals surface area (Å²) >= 11 is 3.34. The lowest BCUT2D eigenvalue weighted by atomic mass is 10.00. The Kier molecular flexibility index (Phi) is 5.50. The zero-order chi connectivity index (χ0) is 12.8. The van der Waals surface area contributed by atoms with Crippen LogP contribution in [-0.4, -0.2) is 6.61 Å². The van der Waals surface area contributed by atoms with E-state index in [0.29, 0.717) is 29.8 Å². The first-order chi connectivity index (χ1) is 8.02. The van der Waals surface area contributed by atoms with E-state index in [1.807, 2.05) is 12.1 Å². The van der Waals surface area contributed by atoms with Gasteiger partial charge in [0.05, 0.1) is 12.2 Å². The molecule has 1 rings (SSSR count). The van der Waals surface area contributed by atoms with Gasteiger partial charge in [0.2, 0.25) is 0 Å². The normalized spacial score (nSPS) is 12.2. The fourth-order valence-corrected chi connectivity index (χ4v) is 2.18. The number of rotatable bonds is 5. The highest BCUT2D eigenvalue weighted by Gasteiger charge is 2.08. The zero-order valence-corrected chi connectivity index (χ0v) is 12.1. The summed E-state index contributed by atoms with van der Waals surface area (Å²) < 4.78 is 6.60. The monoisotopic (exact) mass is 295 g/mol. The van der Waals surface area contributed by atoms with E-state index >= 15 is 0 Å². The summed E-state index contributed by atoms with van der Waals surface area (Å²) in [4.78, 5) is 0. The third-order valence-corrected chi connectivity index (χ3v) is 2.95. The predicted molar refractivity (Wildman–Crippen MR) is 73.0 cm³/mol. The molecule has 1 atom stereocenters. The van der Waals surface area contributed by atoms with E-state index in [1.54, 1.807) is 6.07 Å². The summed E-state index contributed by atoms with van der Waals surface area (Å²) in [6, 6.07) is 7.66. The van der Waals surface area contributed by atoms with Gasteiger partial charge in [0.15, 0.2) is 0 Å². The van der Waals surface area contributed by atoms with Crippen LogP contribution in [0, 0.1) is 23.2 Å². The second kappa shape index (κ2) is 6.66. The van der Waals surface area contributed by atoms with Crippen molar-refractivity contribution < 1.29 is 4.74 Å². The lowest BCUT2D eigenvalue weighted by Crippen LogP contribution is -2.11. The van der Waals surface area contributed by atoms with Crippen LogP contribution in [0.15, 0.2) is 22.7 Å². The molecule has 0 heterocycles. The third-order valence-electron chi connectivity index (χ3n) is 2.46. The van der Waals surface area contributed by atoms with Gasteiger partial charge in [0, 0.05) is 4.47 Å². The van der Waals surface area contributed by atoms with Crippen molar-refractivity contribution in [2.24, 2.45) is 11.8 Å². The number of ether oxygens (including phenoxy) is 1. The number of nitrogens with zero attached hydrogens (tertiary/aromatic N) is 1. The topological polar surface area (TPSA) is 33.0 Å². The van der Waals surface area contributed by atoms with Gasteiger partial charge in [0.1, 0.15) is 11.8 Å². The molecule has 0 saturated carbocycles. The fraction of sp³-hybridized carbons (Fsp3) is 0.500. The predicted octanol–water partition coefficient (Wildman–Crippen LogP) is 4.38. The fourth-order valence-electron chi connectivity index (χ4n) is 1.82. The van der Waals surface area contributed by atoms with Gasteiger partial charge < -0.3 is 4.74 Å². The maximum absolute atomic E-state index is 9.00. The number of hydrogen-bond acceptors (Lipinski definition) is 2. The molecule has 3 heteroatoms. The maximum atomic E-state index is 9.00. The van der Waals surface area contributed by atoms with Gasteiger partial charge in [-0.1, -0.05) is 36.7 Å². The summed E-state index contributed by atoms with van der Waals surface area (Å²) in [5.74, 6) is 1.85. The molecule has 0 N–H and O–H groups in total. The van der Waals surface area contributed by atoms with E-state index in [9.17, 15) is 0 Å². The van der Waals surface area contributed by atoms with Crippen LogP contribution in [0.1, 0.15) is 32.8 Å². The molecule has 0 aliphatic rings. The van der Waals surface area contributed by atoms with Gasteiger partial charge in [-0.15, -0.1) is 0 Å². The second-order valence-electron chi connectivity index (χ2n) is 4.80. The molecule has 0 bridgehead atoms. The number of hydrogen-bond donors (Lipinski definition) is 0. The lowest BCUT2D eigenvalue weighted by Gasteiger charge is -2.15. The number of nitriles is 1. The number of benzene rings is 1. The smallest absolute Gasteiger partial charge is 0.137 e. The van der Waals surface area contributed by atoms with Gasteiger partial charge in [-0.3, -0.25) is 0 Å². The summed E-state index contributed by atoms with van der Waals surface area (Å²) in [5.41, 5.74) is 0.580. The summed E-state index contributed by atoms with van der Waals surface area (Å²) in [6.07, 6.45) is 1.14. The molecule has 0 aromatic heterocycles. The molecule has 0 spiro atoms. The highest BCUT2D eigenvalue weighted by Crippen LogP contribution is 2.23. The molecular formula is C14H18BrNO. The van der Waals surface area contributed by atoms with E-state index in [4.69, 9.17) is 10.00 Å². The van der Waals surface area contributed by atoms with E-state index in [1.165, 1.54) is 0 Å². The van der Waals surface area contributed by atoms with E-state index in [0.717, 1.165) is 10.9 Å². The Hall–Kier alpha value is -1.01. The Morgan fingerprint density at radius 3 is 2.65 bits per heavy atom. The Morgan fingerprint density at radius 1 is 1.35 bits per heavy atom. The largest absolute Gasteiger partial charge is 0.492 e. The highest BCUT2D eigenvalue weighted by molar-refractivity contribution is 9.10. The number of halogens is 1. The van der Waals surface area contributed by atoms with Crippen molar-refractivity contribution in [2.75, 3.05) is 6.61 Å². The van der Waals surface area contributed by atoms with E-state index < -0.39 is 0 Å². The van der Waals surface area contributed by atoms with Crippen molar-refractivity contribution in [3.63, 3.8) is 0 Å². The quantitative estimate of drug-likeness (QED) is 0.807. The highest BCUT2D eigenvalue weighted by atomic mass is 79.9. The standard InChI is InChI=1S/C14H18BrNO/c1-10(2)6-11(3)9-17-14-5-4-13(15)7-12(14)8-16/h4-5,7,10-11H,6,9H2,1-3H3. The van der Waals surface area contributed by atoms with Crippen LogP contribution >= 0.6 is 15.9 Å². The molecule has 1 aromatic rings. The first-order valence-corrected chi connectivity index (χ1v) is 6.64. The van der Waals surface area contributed by atoms with E-state index in [-0.39, 0.29) is 0 Å². The van der Waals surface area contributed by atoms with Gasteiger partial charge in [-0.2, -0.15) is 5.26 Å². The Bertz CT molecular complexity index is 409. The Labute approximate surface area is 112 Å². The molecule has 1 unspecified atom stereocenters. The lowest BCUT2D eigenvalue weighted by molar-refractivity contribution is 0.238. The van der Waals surface area contributed by atoms with Crippen LogP contribution in [-0.2, 0) is 0 Å². The van der Waals surface area contributed by atoms with Crippen LogP contribution in [0.3, 0.4) is 0 Å². The minimum absolute atomic E-state index is 0.505. The van der Waals surface area contributed by atoms with Gasteiger partial charge in [-0.05, 0) is 36.5 Å². The average Bonchev–Trinajstić information content (AvgIpc) is 2.26. The summed E-state index contributed by atoms with van der Waals surface area (Å²) in [7, 11) is 0. The molecule has 0 amide bonds. The molecule has 0 fully saturated rings. The first kappa shape index (κ1) is 14.1. The van der Waals surface area contributed by atoms with Gasteiger partial charge >= 0.3 is 0 Å². The molecule has 0 aliphatic carbocycles. The van der Waals surface area contributed by atoms with Crippen molar-refractivity contribution in [2.45, 2.75) is 27.2 Å². The van der Waals surface area contributed by atoms with Gasteiger partial charge in [-0.25, -0.2) is 0 Å². The second-order valence-corrected chi connectivity index (χ2v) is 5.71. The van der Waals surface area contributed by atoms with Crippen molar-refractivity contribution >= 4 is 15.9 Å². The SMILES string of the molecule is CC(C)CC(C)COc1ccc(Br)cc1C#N. The van der Waals surface area contributed by atoms with Crippen LogP contribution in [0.2, 0.25) is 0 Å². The van der Waals surface area contributed by atoms with Crippen LogP contribution < -0.4 is 4.74 Å². The average molecular weight is 296 g/mol. The Balaban J connectivity index is 2.61. The van der Waals surface area contributed by atoms with E-state index in [2.05, 4.69) is 42.8 Å². The van der Waals surface area contributed by atoms with Crippen LogP contribution in [0.4, 0.5) is 0 Å². The Morgan fingerprint density at radius 2 is 2.06 bits per heavy atom. The molecule has 17 heavy (non-hydrogen) atoms. The third kappa shape index (κ3) is 4.79. The maximum Gasteiger partial charge on any atom is 0.137 e. The minimum Gasteiger partial charge on any atom is -0.492 e. The summed E-state index contributed by atoms with van der Waals surface area (Å²) in [6.45, 7) is 7.24. The van der Waals surface area contributed by atoms with Crippen molar-refractivity contribution in [3.8, 4) is 11.8 Å². The molecule has 0 aliphatic heterocycles. The van der Waals surface area contributed by atoms with Crippen molar-refractivity contribution in [1.29, 1.82) is 5.26 Å². The van der Waals surface area contributed by atoms with Crippen LogP contribution in [0.5, 0.6) is 5.75 Å². The molecule has 2 nitrogen and oxygen atoms in total. The first-order valence-electron chi connectivity index (χ1n) is 5.85. The molecule has 92 valence electrons. The zero-order valence-electron chi connectivity index (χ0n) is 10.5. The summed E-state index contributed by atoms with van der Waals surface area (Å²) in [5, 5.41) is 9.00. The minimum atomic E-state index is 0.505. The van der Waals surface area contributed by atoms with Gasteiger partial charge in [0.25, 0.3) is 0 Å². The molecule has 1 aromatic carbocycles. The molecular weight excluding hydrogens is 278 g/mol. The van der Waals surface area contributed by atoms with Crippen molar-refractivity contribution in [3.05, 3.63) is 28.2 Å². The van der Waals surface area contributed by atoms with Crippen LogP contribution in [0.25, 0.3) is 0 Å². The molecule has 0 radical (unpaired) electrons. The molecule has 0 saturated heterocycles. The van der Waals surface area contributed by atoms with Crippen molar-refractivity contribution in [1.82, 2.24) is 0 Å².